The van der Waals surface area contributed by atoms with Crippen molar-refractivity contribution in [1.82, 2.24) is 14.8 Å². The summed E-state index contributed by atoms with van der Waals surface area (Å²) in [6, 6.07) is 16.7. The Balaban J connectivity index is 1.56. The van der Waals surface area contributed by atoms with Crippen molar-refractivity contribution in [2.75, 3.05) is 25.6 Å². The van der Waals surface area contributed by atoms with Crippen LogP contribution < -0.4 is 19.5 Å². The molecule has 174 valence electrons. The Kier molecular flexibility index (Phi) is 6.77. The molecule has 0 saturated heterocycles. The molecule has 2 aromatic carbocycles. The zero-order valence-corrected chi connectivity index (χ0v) is 19.4. The fourth-order valence-electron chi connectivity index (χ4n) is 3.57. The zero-order valence-electron chi connectivity index (χ0n) is 19.4. The number of benzene rings is 2. The van der Waals surface area contributed by atoms with E-state index in [2.05, 4.69) is 17.0 Å². The van der Waals surface area contributed by atoms with Gasteiger partial charge in [0.05, 0.1) is 12.8 Å². The number of fused-ring (bicyclic) bond motifs is 1. The molecule has 0 saturated carbocycles. The molecule has 8 heteroatoms. The summed E-state index contributed by atoms with van der Waals surface area (Å²) in [5.74, 6) is 2.41. The summed E-state index contributed by atoms with van der Waals surface area (Å²) in [5, 5.41) is 8.39. The second-order valence-electron chi connectivity index (χ2n) is 7.62. The molecule has 0 atom stereocenters. The number of carbonyl (C=O) groups excluding carboxylic acids is 1. The Bertz CT molecular complexity index is 1350. The van der Waals surface area contributed by atoms with E-state index in [4.69, 9.17) is 19.2 Å². The summed E-state index contributed by atoms with van der Waals surface area (Å²) in [5.41, 5.74) is 2.48. The van der Waals surface area contributed by atoms with Gasteiger partial charge in [-0.3, -0.25) is 4.79 Å². The Morgan fingerprint density at radius 1 is 1.06 bits per heavy atom. The van der Waals surface area contributed by atoms with Gasteiger partial charge in [0.2, 0.25) is 0 Å². The van der Waals surface area contributed by atoms with Crippen LogP contribution >= 0.6 is 0 Å². The molecule has 0 aliphatic carbocycles. The van der Waals surface area contributed by atoms with Crippen LogP contribution in [0.1, 0.15) is 11.3 Å². The summed E-state index contributed by atoms with van der Waals surface area (Å²) in [4.78, 5) is 17.5. The van der Waals surface area contributed by atoms with Gasteiger partial charge in [0, 0.05) is 11.5 Å². The number of methoxy groups -OCH3 is 1. The first kappa shape index (κ1) is 22.8. The highest BCUT2D eigenvalue weighted by Crippen LogP contribution is 2.29. The van der Waals surface area contributed by atoms with Crippen molar-refractivity contribution in [3.05, 3.63) is 78.5 Å². The third-order valence-corrected chi connectivity index (χ3v) is 5.10. The third-order valence-electron chi connectivity index (χ3n) is 5.10. The topological polar surface area (TPSA) is 87.5 Å². The second kappa shape index (κ2) is 10.1. The number of para-hydroxylation sites is 3. The maximum Gasteiger partial charge on any atom is 0.263 e. The van der Waals surface area contributed by atoms with Crippen LogP contribution in [0.25, 0.3) is 16.7 Å². The van der Waals surface area contributed by atoms with Crippen LogP contribution in [0.15, 0.2) is 67.3 Å². The zero-order chi connectivity index (χ0) is 24.1. The molecule has 0 spiro atoms. The fourth-order valence-corrected chi connectivity index (χ4v) is 3.57. The first-order chi connectivity index (χ1) is 16.5. The first-order valence-electron chi connectivity index (χ1n) is 10.8. The van der Waals surface area contributed by atoms with Crippen LogP contribution in [-0.2, 0) is 4.79 Å². The molecule has 34 heavy (non-hydrogen) atoms. The number of pyridine rings is 1. The SMILES string of the molecule is C=CCOc1ccccc1OCC(=O)Nc1cc(C)nn1-c1cc(C)c2cccc(OC)c2n1. The van der Waals surface area contributed by atoms with E-state index in [-0.39, 0.29) is 12.5 Å². The number of anilines is 1. The summed E-state index contributed by atoms with van der Waals surface area (Å²) < 4.78 is 18.4. The lowest BCUT2D eigenvalue weighted by Gasteiger charge is -2.13. The molecule has 1 amide bonds. The van der Waals surface area contributed by atoms with Crippen molar-refractivity contribution < 1.29 is 19.0 Å². The van der Waals surface area contributed by atoms with E-state index < -0.39 is 0 Å². The normalized spacial score (nSPS) is 10.7. The van der Waals surface area contributed by atoms with Gasteiger partial charge in [0.25, 0.3) is 5.91 Å². The Labute approximate surface area is 197 Å². The van der Waals surface area contributed by atoms with Crippen LogP contribution in [0.5, 0.6) is 17.2 Å². The lowest BCUT2D eigenvalue weighted by molar-refractivity contribution is -0.118. The predicted molar refractivity (Wildman–Crippen MR) is 131 cm³/mol. The van der Waals surface area contributed by atoms with Crippen LogP contribution in [0.2, 0.25) is 0 Å². The molecule has 4 rings (SSSR count). The molecule has 8 nitrogen and oxygen atoms in total. The van der Waals surface area contributed by atoms with Crippen molar-refractivity contribution in [1.29, 1.82) is 0 Å². The largest absolute Gasteiger partial charge is 0.494 e. The molecule has 0 aliphatic heterocycles. The maximum absolute atomic E-state index is 12.7. The molecule has 0 bridgehead atoms. The van der Waals surface area contributed by atoms with Gasteiger partial charge in [-0.05, 0) is 43.7 Å². The second-order valence-corrected chi connectivity index (χ2v) is 7.62. The average Bonchev–Trinajstić information content (AvgIpc) is 3.21. The fraction of sp³-hybridized carbons (Fsp3) is 0.192. The van der Waals surface area contributed by atoms with Crippen molar-refractivity contribution >= 4 is 22.6 Å². The number of carbonyl (C=O) groups is 1. The van der Waals surface area contributed by atoms with E-state index in [1.54, 1.807) is 36.1 Å². The Hall–Kier alpha value is -4.33. The van der Waals surface area contributed by atoms with Crippen molar-refractivity contribution in [2.24, 2.45) is 0 Å². The van der Waals surface area contributed by atoms with E-state index >= 15 is 0 Å². The van der Waals surface area contributed by atoms with Gasteiger partial charge in [-0.1, -0.05) is 36.9 Å². The monoisotopic (exact) mass is 458 g/mol. The highest BCUT2D eigenvalue weighted by molar-refractivity contribution is 5.92. The van der Waals surface area contributed by atoms with E-state index in [0.717, 1.165) is 22.2 Å². The minimum absolute atomic E-state index is 0.198. The van der Waals surface area contributed by atoms with Crippen LogP contribution in [0, 0.1) is 13.8 Å². The molecule has 0 unspecified atom stereocenters. The van der Waals surface area contributed by atoms with Crippen molar-refractivity contribution in [3.63, 3.8) is 0 Å². The molecule has 2 aromatic heterocycles. The summed E-state index contributed by atoms with van der Waals surface area (Å²) in [7, 11) is 1.61. The Morgan fingerprint density at radius 2 is 1.79 bits per heavy atom. The minimum Gasteiger partial charge on any atom is -0.494 e. The molecule has 4 aromatic rings. The number of nitrogens with one attached hydrogen (secondary N) is 1. The average molecular weight is 459 g/mol. The molecular weight excluding hydrogens is 432 g/mol. The summed E-state index contributed by atoms with van der Waals surface area (Å²) in [6.45, 7) is 7.64. The van der Waals surface area contributed by atoms with Crippen molar-refractivity contribution in [3.8, 4) is 23.1 Å². The number of aryl methyl sites for hydroxylation is 2. The third kappa shape index (κ3) is 4.85. The number of ether oxygens (including phenoxy) is 3. The maximum atomic E-state index is 12.7. The smallest absolute Gasteiger partial charge is 0.263 e. The standard InChI is InChI=1S/C26H26N4O4/c1-5-13-33-20-10-6-7-11-21(20)34-16-25(31)27-24-15-18(3)29-30(24)23-14-17(2)19-9-8-12-22(32-4)26(19)28-23/h5-12,14-15H,1,13,16H2,2-4H3,(H,27,31). The van der Waals surface area contributed by atoms with Gasteiger partial charge >= 0.3 is 0 Å². The number of amides is 1. The van der Waals surface area contributed by atoms with Crippen molar-refractivity contribution in [2.45, 2.75) is 13.8 Å². The molecule has 2 heterocycles. The highest BCUT2D eigenvalue weighted by atomic mass is 16.5. The van der Waals surface area contributed by atoms with Crippen LogP contribution in [-0.4, -0.2) is 41.0 Å². The van der Waals surface area contributed by atoms with Gasteiger partial charge in [-0.2, -0.15) is 9.78 Å². The summed E-state index contributed by atoms with van der Waals surface area (Å²) in [6.07, 6.45) is 1.64. The number of hydrogen-bond donors (Lipinski definition) is 1. The molecule has 0 radical (unpaired) electrons. The molecule has 0 fully saturated rings. The van der Waals surface area contributed by atoms with Crippen LogP contribution in [0.3, 0.4) is 0 Å². The first-order valence-corrected chi connectivity index (χ1v) is 10.8. The minimum atomic E-state index is -0.338. The molecule has 0 aliphatic rings. The summed E-state index contributed by atoms with van der Waals surface area (Å²) >= 11 is 0. The van der Waals surface area contributed by atoms with Gasteiger partial charge in [0.1, 0.15) is 23.7 Å². The van der Waals surface area contributed by atoms with Gasteiger partial charge in [0.15, 0.2) is 23.9 Å². The number of rotatable bonds is 9. The predicted octanol–water partition coefficient (Wildman–Crippen LogP) is 4.63. The van der Waals surface area contributed by atoms with E-state index in [1.165, 1.54) is 0 Å². The number of aromatic nitrogens is 3. The van der Waals surface area contributed by atoms with Crippen LogP contribution in [0.4, 0.5) is 5.82 Å². The van der Waals surface area contributed by atoms with E-state index in [1.807, 2.05) is 50.2 Å². The molecular formula is C26H26N4O4. The highest BCUT2D eigenvalue weighted by Gasteiger charge is 2.16. The van der Waals surface area contributed by atoms with E-state index in [9.17, 15) is 4.79 Å². The number of nitrogens with zero attached hydrogens (tertiary/aromatic N) is 3. The lowest BCUT2D eigenvalue weighted by Crippen LogP contribution is -2.22. The molecule has 1 N–H and O–H groups in total. The lowest BCUT2D eigenvalue weighted by atomic mass is 10.1. The van der Waals surface area contributed by atoms with Gasteiger partial charge in [-0.15, -0.1) is 0 Å². The quantitative estimate of drug-likeness (QED) is 0.368. The number of hydrogen-bond acceptors (Lipinski definition) is 6. The Morgan fingerprint density at radius 3 is 2.53 bits per heavy atom. The van der Waals surface area contributed by atoms with E-state index in [0.29, 0.717) is 35.5 Å². The van der Waals surface area contributed by atoms with Gasteiger partial charge < -0.3 is 19.5 Å². The van der Waals surface area contributed by atoms with Gasteiger partial charge in [-0.25, -0.2) is 4.98 Å².